The van der Waals surface area contributed by atoms with Gasteiger partial charge in [-0.1, -0.05) is 13.8 Å². The van der Waals surface area contributed by atoms with Crippen LogP contribution in [0.1, 0.15) is 78.7 Å². The summed E-state index contributed by atoms with van der Waals surface area (Å²) in [5.74, 6) is -1.35. The first kappa shape index (κ1) is 35.5. The number of rotatable bonds is 14. The molecule has 0 aliphatic carbocycles. The molecule has 1 aromatic carbocycles. The van der Waals surface area contributed by atoms with Crippen LogP contribution in [0, 0.1) is 24.0 Å². The summed E-state index contributed by atoms with van der Waals surface area (Å²) >= 11 is 0. The van der Waals surface area contributed by atoms with Crippen LogP contribution in [0.5, 0.6) is 5.75 Å². The van der Waals surface area contributed by atoms with Crippen LogP contribution < -0.4 is 15.0 Å². The van der Waals surface area contributed by atoms with Gasteiger partial charge >= 0.3 is 0 Å². The van der Waals surface area contributed by atoms with Gasteiger partial charge in [-0.3, -0.25) is 9.97 Å². The number of nitrogens with one attached hydrogen (secondary N) is 1. The molecule has 1 fully saturated rings. The van der Waals surface area contributed by atoms with Crippen molar-refractivity contribution in [3.8, 4) is 17.0 Å². The second-order valence-electron chi connectivity index (χ2n) is 13.9. The molecule has 4 rings (SSSR count). The highest BCUT2D eigenvalue weighted by Crippen LogP contribution is 2.43. The van der Waals surface area contributed by atoms with E-state index in [0.29, 0.717) is 13.2 Å². The second-order valence-corrected chi connectivity index (χ2v) is 13.9. The molecular formula is C36H50F2N4O4. The number of pyridine rings is 2. The van der Waals surface area contributed by atoms with Crippen molar-refractivity contribution in [2.24, 2.45) is 5.41 Å². The van der Waals surface area contributed by atoms with Crippen molar-refractivity contribution in [3.63, 3.8) is 0 Å². The number of nitrogens with zero attached hydrogens (tertiary/aromatic N) is 3. The fourth-order valence-electron chi connectivity index (χ4n) is 5.41. The third-order valence-electron chi connectivity index (χ3n) is 7.91. The smallest absolute Gasteiger partial charge is 0.167 e. The molecule has 1 aliphatic rings. The van der Waals surface area contributed by atoms with Crippen LogP contribution in [0.3, 0.4) is 0 Å². The lowest BCUT2D eigenvalue weighted by molar-refractivity contribution is -0.136. The van der Waals surface area contributed by atoms with E-state index in [4.69, 9.17) is 28.9 Å². The Morgan fingerprint density at radius 3 is 2.39 bits per heavy atom. The van der Waals surface area contributed by atoms with E-state index in [0.717, 1.165) is 65.9 Å². The molecule has 1 aliphatic heterocycles. The summed E-state index contributed by atoms with van der Waals surface area (Å²) in [5, 5.41) is 3.25. The van der Waals surface area contributed by atoms with E-state index in [9.17, 15) is 8.78 Å². The van der Waals surface area contributed by atoms with Crippen molar-refractivity contribution >= 4 is 11.4 Å². The number of piperidine rings is 1. The first-order chi connectivity index (χ1) is 21.7. The molecule has 10 heteroatoms. The second kappa shape index (κ2) is 15.5. The van der Waals surface area contributed by atoms with E-state index in [1.54, 1.807) is 6.20 Å². The van der Waals surface area contributed by atoms with Gasteiger partial charge in [0.05, 0.1) is 41.6 Å². The number of hydrogen-bond acceptors (Lipinski definition) is 8. The topological polar surface area (TPSA) is 78.0 Å². The molecule has 46 heavy (non-hydrogen) atoms. The van der Waals surface area contributed by atoms with Crippen LogP contribution in [-0.2, 0) is 14.2 Å². The summed E-state index contributed by atoms with van der Waals surface area (Å²) < 4.78 is 50.9. The molecule has 0 unspecified atom stereocenters. The Labute approximate surface area is 272 Å². The fraction of sp³-hybridized carbons (Fsp3) is 0.556. The van der Waals surface area contributed by atoms with E-state index < -0.39 is 17.2 Å². The SMILES string of the molecule is Cc1ncc(-c2ccc(NCCOc3ccc(F)cc3F)cn2)c(N2CCC(C)(C)CC2)c1[C@@H](COCOC(C)C)OC(C)(C)C. The first-order valence-corrected chi connectivity index (χ1v) is 16.1. The molecule has 3 heterocycles. The molecule has 2 aromatic heterocycles. The standard InChI is InChI=1S/C36H50F2N4O4/c1-24(2)45-23-43-22-32(46-35(4,5)6)33-25(3)40-21-28(34(33)42-16-13-36(7,8)14-17-42)30-11-10-27(20-41-30)39-15-18-44-31-12-9-26(37)19-29(31)38/h9-12,19-21,24,32,39H,13-18,22-23H2,1-8H3/t32-/m1/s1. The minimum atomic E-state index is -0.726. The maximum atomic E-state index is 13.9. The molecule has 8 nitrogen and oxygen atoms in total. The summed E-state index contributed by atoms with van der Waals surface area (Å²) in [6, 6.07) is 7.20. The summed E-state index contributed by atoms with van der Waals surface area (Å²) in [5.41, 5.74) is 5.34. The molecule has 0 radical (unpaired) electrons. The molecule has 0 bridgehead atoms. The third kappa shape index (κ3) is 10.1. The largest absolute Gasteiger partial charge is 0.489 e. The van der Waals surface area contributed by atoms with E-state index in [1.807, 2.05) is 39.1 Å². The van der Waals surface area contributed by atoms with Gasteiger partial charge in [-0.2, -0.15) is 0 Å². The highest BCUT2D eigenvalue weighted by atomic mass is 19.1. The van der Waals surface area contributed by atoms with E-state index in [1.165, 1.54) is 12.1 Å². The number of halogens is 2. The number of ether oxygens (including phenoxy) is 4. The summed E-state index contributed by atoms with van der Waals surface area (Å²) in [6.07, 6.45) is 5.50. The molecule has 1 atom stereocenters. The van der Waals surface area contributed by atoms with E-state index >= 15 is 0 Å². The van der Waals surface area contributed by atoms with Gasteiger partial charge in [0.2, 0.25) is 0 Å². The number of hydrogen-bond donors (Lipinski definition) is 1. The Hall–Kier alpha value is -3.34. The lowest BCUT2D eigenvalue weighted by Gasteiger charge is -2.41. The molecule has 3 aromatic rings. The van der Waals surface area contributed by atoms with Crippen LogP contribution in [0.25, 0.3) is 11.3 Å². The molecule has 252 valence electrons. The van der Waals surface area contributed by atoms with Crippen LogP contribution in [0.4, 0.5) is 20.2 Å². The highest BCUT2D eigenvalue weighted by Gasteiger charge is 2.33. The zero-order chi connectivity index (χ0) is 33.5. The summed E-state index contributed by atoms with van der Waals surface area (Å²) in [6.45, 7) is 19.7. The van der Waals surface area contributed by atoms with Crippen molar-refractivity contribution in [1.82, 2.24) is 9.97 Å². The lowest BCUT2D eigenvalue weighted by Crippen LogP contribution is -2.39. The first-order valence-electron chi connectivity index (χ1n) is 16.1. The molecule has 1 saturated heterocycles. The third-order valence-corrected chi connectivity index (χ3v) is 7.91. The summed E-state index contributed by atoms with van der Waals surface area (Å²) in [7, 11) is 0. The molecular weight excluding hydrogens is 590 g/mol. The molecule has 0 spiro atoms. The van der Waals surface area contributed by atoms with Crippen molar-refractivity contribution in [3.05, 3.63) is 65.6 Å². The number of benzene rings is 1. The van der Waals surface area contributed by atoms with Gasteiger partial charge in [-0.25, -0.2) is 8.78 Å². The average molecular weight is 641 g/mol. The Kier molecular flexibility index (Phi) is 12.0. The van der Waals surface area contributed by atoms with Crippen LogP contribution in [-0.4, -0.2) is 61.3 Å². The van der Waals surface area contributed by atoms with Gasteiger partial charge < -0.3 is 29.2 Å². The Bertz CT molecular complexity index is 1420. The minimum absolute atomic E-state index is 0.0135. The molecule has 0 amide bonds. The lowest BCUT2D eigenvalue weighted by atomic mass is 9.82. The Morgan fingerprint density at radius 2 is 1.76 bits per heavy atom. The van der Waals surface area contributed by atoms with Crippen LogP contribution >= 0.6 is 0 Å². The fourth-order valence-corrected chi connectivity index (χ4v) is 5.41. The zero-order valence-corrected chi connectivity index (χ0v) is 28.6. The quantitative estimate of drug-likeness (QED) is 0.140. The van der Waals surface area contributed by atoms with Crippen LogP contribution in [0.15, 0.2) is 42.7 Å². The van der Waals surface area contributed by atoms with E-state index in [-0.39, 0.29) is 36.8 Å². The van der Waals surface area contributed by atoms with Gasteiger partial charge in [0, 0.05) is 48.7 Å². The average Bonchev–Trinajstić information content (AvgIpc) is 2.97. The minimum Gasteiger partial charge on any atom is -0.489 e. The molecule has 1 N–H and O–H groups in total. The van der Waals surface area contributed by atoms with Gasteiger partial charge in [-0.05, 0) is 84.1 Å². The number of aryl methyl sites for hydroxylation is 1. The van der Waals surface area contributed by atoms with Gasteiger partial charge in [-0.15, -0.1) is 0 Å². The number of anilines is 2. The van der Waals surface area contributed by atoms with E-state index in [2.05, 4.69) is 44.8 Å². The predicted octanol–water partition coefficient (Wildman–Crippen LogP) is 8.10. The van der Waals surface area contributed by atoms with Crippen molar-refractivity contribution in [1.29, 1.82) is 0 Å². The highest BCUT2D eigenvalue weighted by molar-refractivity contribution is 5.80. The van der Waals surface area contributed by atoms with Gasteiger partial charge in [0.1, 0.15) is 25.3 Å². The maximum Gasteiger partial charge on any atom is 0.167 e. The summed E-state index contributed by atoms with van der Waals surface area (Å²) in [4.78, 5) is 12.1. The van der Waals surface area contributed by atoms with Gasteiger partial charge in [0.25, 0.3) is 0 Å². The Morgan fingerprint density at radius 1 is 1.02 bits per heavy atom. The number of aromatic nitrogens is 2. The molecule has 0 saturated carbocycles. The normalized spacial score (nSPS) is 15.7. The Balaban J connectivity index is 1.60. The van der Waals surface area contributed by atoms with Crippen molar-refractivity contribution < 1.29 is 27.7 Å². The van der Waals surface area contributed by atoms with Crippen molar-refractivity contribution in [2.45, 2.75) is 86.0 Å². The predicted molar refractivity (Wildman–Crippen MR) is 178 cm³/mol. The van der Waals surface area contributed by atoms with Gasteiger partial charge in [0.15, 0.2) is 11.6 Å². The van der Waals surface area contributed by atoms with Crippen LogP contribution in [0.2, 0.25) is 0 Å². The maximum absolute atomic E-state index is 13.9. The van der Waals surface area contributed by atoms with Crippen molar-refractivity contribution in [2.75, 3.05) is 49.9 Å². The zero-order valence-electron chi connectivity index (χ0n) is 28.6. The monoisotopic (exact) mass is 640 g/mol.